The number of aromatic nitrogens is 1. The third-order valence-electron chi connectivity index (χ3n) is 2.68. The molecule has 0 radical (unpaired) electrons. The topological polar surface area (TPSA) is 31.2 Å². The Hall–Kier alpha value is -1.21. The Bertz CT molecular complexity index is 736. The van der Waals surface area contributed by atoms with E-state index in [9.17, 15) is 13.6 Å². The van der Waals surface area contributed by atoms with Gasteiger partial charge in [0.15, 0.2) is 0 Å². The lowest BCUT2D eigenvalue weighted by Crippen LogP contribution is -2.27. The number of hydrogen-bond donors (Lipinski definition) is 0. The van der Waals surface area contributed by atoms with Gasteiger partial charge in [-0.2, -0.15) is 0 Å². The molecule has 1 aromatic heterocycles. The number of carbonyl (C=O) groups is 1. The number of hydrogen-bond acceptors (Lipinski definition) is 2. The van der Waals surface area contributed by atoms with Crippen molar-refractivity contribution in [2.45, 2.75) is 26.4 Å². The van der Waals surface area contributed by atoms with Gasteiger partial charge in [-0.15, -0.1) is 0 Å². The summed E-state index contributed by atoms with van der Waals surface area (Å²) in [6.07, 6.45) is 0.690. The first-order valence-electron chi connectivity index (χ1n) is 6.35. The van der Waals surface area contributed by atoms with Gasteiger partial charge in [-0.3, -0.25) is 4.57 Å². The Balaban J connectivity index is 2.59. The smallest absolute Gasteiger partial charge is 0.419 e. The van der Waals surface area contributed by atoms with Crippen molar-refractivity contribution in [3.63, 3.8) is 0 Å². The highest BCUT2D eigenvalue weighted by Crippen LogP contribution is 2.33. The van der Waals surface area contributed by atoms with E-state index in [0.717, 1.165) is 10.6 Å². The van der Waals surface area contributed by atoms with E-state index in [1.165, 1.54) is 18.3 Å². The standard InChI is InChI=1S/C15H13Br2F2NO2/c1-15(2,3)22-14(21)20-7-8(16)6-11(20)12-10(18)5-4-9(17)13(12)19/h4-7H,1-3H3. The van der Waals surface area contributed by atoms with Crippen molar-refractivity contribution >= 4 is 38.0 Å². The lowest BCUT2D eigenvalue weighted by molar-refractivity contribution is 0.0540. The van der Waals surface area contributed by atoms with E-state index in [-0.39, 0.29) is 15.7 Å². The number of carbonyl (C=O) groups excluding carboxylic acids is 1. The fraction of sp³-hybridized carbons (Fsp3) is 0.267. The Kier molecular flexibility index (Phi) is 4.77. The van der Waals surface area contributed by atoms with E-state index in [0.29, 0.717) is 4.47 Å². The summed E-state index contributed by atoms with van der Waals surface area (Å²) in [6.45, 7) is 5.14. The van der Waals surface area contributed by atoms with Gasteiger partial charge in [0.25, 0.3) is 0 Å². The molecule has 118 valence electrons. The van der Waals surface area contributed by atoms with E-state index >= 15 is 0 Å². The molecule has 2 rings (SSSR count). The first-order valence-corrected chi connectivity index (χ1v) is 7.94. The number of benzene rings is 1. The van der Waals surface area contributed by atoms with Gasteiger partial charge >= 0.3 is 6.09 Å². The van der Waals surface area contributed by atoms with E-state index in [2.05, 4.69) is 31.9 Å². The van der Waals surface area contributed by atoms with Crippen molar-refractivity contribution in [1.82, 2.24) is 4.57 Å². The lowest BCUT2D eigenvalue weighted by atomic mass is 10.1. The quantitative estimate of drug-likeness (QED) is 0.533. The minimum atomic E-state index is -0.782. The first kappa shape index (κ1) is 17.1. The molecule has 1 heterocycles. The zero-order valence-electron chi connectivity index (χ0n) is 12.1. The van der Waals surface area contributed by atoms with Crippen LogP contribution in [0.4, 0.5) is 13.6 Å². The molecule has 0 bridgehead atoms. The zero-order valence-corrected chi connectivity index (χ0v) is 15.3. The Morgan fingerprint density at radius 3 is 2.45 bits per heavy atom. The first-order chi connectivity index (χ1) is 10.1. The van der Waals surface area contributed by atoms with Crippen LogP contribution in [0.2, 0.25) is 0 Å². The SMILES string of the molecule is CC(C)(C)OC(=O)n1cc(Br)cc1-c1c(F)ccc(Br)c1F. The molecule has 0 saturated carbocycles. The maximum absolute atomic E-state index is 14.3. The summed E-state index contributed by atoms with van der Waals surface area (Å²) in [5.41, 5.74) is -0.956. The van der Waals surface area contributed by atoms with Gasteiger partial charge in [-0.1, -0.05) is 0 Å². The van der Waals surface area contributed by atoms with Gasteiger partial charge in [0.1, 0.15) is 17.2 Å². The Labute approximate surface area is 143 Å². The van der Waals surface area contributed by atoms with E-state index in [1.807, 2.05) is 0 Å². The Morgan fingerprint density at radius 1 is 1.23 bits per heavy atom. The zero-order chi connectivity index (χ0) is 16.7. The highest BCUT2D eigenvalue weighted by Gasteiger charge is 2.24. The number of ether oxygens (including phenoxy) is 1. The molecule has 0 spiro atoms. The van der Waals surface area contributed by atoms with Crippen LogP contribution >= 0.6 is 31.9 Å². The van der Waals surface area contributed by atoms with Gasteiger partial charge in [0.2, 0.25) is 0 Å². The van der Waals surface area contributed by atoms with E-state index in [4.69, 9.17) is 4.74 Å². The van der Waals surface area contributed by atoms with Crippen LogP contribution in [0.3, 0.4) is 0 Å². The fourth-order valence-electron chi connectivity index (χ4n) is 1.85. The van der Waals surface area contributed by atoms with Crippen LogP contribution < -0.4 is 0 Å². The maximum atomic E-state index is 14.3. The lowest BCUT2D eigenvalue weighted by Gasteiger charge is -2.20. The van der Waals surface area contributed by atoms with Crippen molar-refractivity contribution in [2.24, 2.45) is 0 Å². The summed E-state index contributed by atoms with van der Waals surface area (Å²) in [4.78, 5) is 12.2. The molecule has 0 N–H and O–H groups in total. The highest BCUT2D eigenvalue weighted by atomic mass is 79.9. The van der Waals surface area contributed by atoms with Gasteiger partial charge in [0.05, 0.1) is 15.7 Å². The summed E-state index contributed by atoms with van der Waals surface area (Å²) in [5.74, 6) is -1.55. The van der Waals surface area contributed by atoms with Crippen molar-refractivity contribution in [2.75, 3.05) is 0 Å². The van der Waals surface area contributed by atoms with Crippen LogP contribution in [-0.4, -0.2) is 16.3 Å². The minimum Gasteiger partial charge on any atom is -0.443 e. The molecule has 0 aliphatic carbocycles. The van der Waals surface area contributed by atoms with Crippen LogP contribution in [0.25, 0.3) is 11.3 Å². The maximum Gasteiger partial charge on any atom is 0.419 e. The normalized spacial score (nSPS) is 11.6. The molecular formula is C15H13Br2F2NO2. The molecule has 0 amide bonds. The second kappa shape index (κ2) is 6.12. The summed E-state index contributed by atoms with van der Waals surface area (Å²) >= 11 is 6.23. The van der Waals surface area contributed by atoms with E-state index < -0.39 is 23.3 Å². The molecule has 0 unspecified atom stereocenters. The predicted octanol–water partition coefficient (Wildman–Crippen LogP) is 5.74. The third kappa shape index (κ3) is 3.57. The summed E-state index contributed by atoms with van der Waals surface area (Å²) in [6, 6.07) is 3.85. The molecular weight excluding hydrogens is 424 g/mol. The summed E-state index contributed by atoms with van der Waals surface area (Å²) in [5, 5.41) is 0. The molecule has 22 heavy (non-hydrogen) atoms. The molecule has 1 aromatic carbocycles. The van der Waals surface area contributed by atoms with Crippen LogP contribution in [0, 0.1) is 11.6 Å². The fourth-order valence-corrected chi connectivity index (χ4v) is 2.60. The van der Waals surface area contributed by atoms with E-state index in [1.54, 1.807) is 20.8 Å². The van der Waals surface area contributed by atoms with Crippen LogP contribution in [-0.2, 0) is 4.74 Å². The second-order valence-corrected chi connectivity index (χ2v) is 7.38. The minimum absolute atomic E-state index is 0.0671. The molecule has 0 fully saturated rings. The molecule has 7 heteroatoms. The molecule has 0 aliphatic rings. The second-order valence-electron chi connectivity index (χ2n) is 5.61. The van der Waals surface area contributed by atoms with Crippen molar-refractivity contribution < 1.29 is 18.3 Å². The highest BCUT2D eigenvalue weighted by molar-refractivity contribution is 9.10. The third-order valence-corrected chi connectivity index (χ3v) is 3.72. The van der Waals surface area contributed by atoms with Gasteiger partial charge in [-0.25, -0.2) is 13.6 Å². The Morgan fingerprint density at radius 2 is 1.86 bits per heavy atom. The summed E-state index contributed by atoms with van der Waals surface area (Å²) < 4.78 is 35.3. The predicted molar refractivity (Wildman–Crippen MR) is 86.8 cm³/mol. The number of rotatable bonds is 1. The van der Waals surface area contributed by atoms with Gasteiger partial charge in [0, 0.05) is 10.7 Å². The summed E-state index contributed by atoms with van der Waals surface area (Å²) in [7, 11) is 0. The van der Waals surface area contributed by atoms with Gasteiger partial charge in [-0.05, 0) is 70.8 Å². The molecule has 0 aliphatic heterocycles. The largest absolute Gasteiger partial charge is 0.443 e. The number of nitrogens with zero attached hydrogens (tertiary/aromatic N) is 1. The van der Waals surface area contributed by atoms with Gasteiger partial charge < -0.3 is 4.74 Å². The average Bonchev–Trinajstić information content (AvgIpc) is 2.74. The molecule has 0 saturated heterocycles. The number of halogens is 4. The van der Waals surface area contributed by atoms with Crippen LogP contribution in [0.5, 0.6) is 0 Å². The van der Waals surface area contributed by atoms with Crippen molar-refractivity contribution in [3.05, 3.63) is 45.0 Å². The molecule has 2 aromatic rings. The van der Waals surface area contributed by atoms with Crippen LogP contribution in [0.1, 0.15) is 20.8 Å². The molecule has 3 nitrogen and oxygen atoms in total. The molecule has 0 atom stereocenters. The van der Waals surface area contributed by atoms with Crippen molar-refractivity contribution in [1.29, 1.82) is 0 Å². The average molecular weight is 437 g/mol. The van der Waals surface area contributed by atoms with Crippen molar-refractivity contribution in [3.8, 4) is 11.3 Å². The van der Waals surface area contributed by atoms with Crippen LogP contribution in [0.15, 0.2) is 33.3 Å². The monoisotopic (exact) mass is 435 g/mol.